The second kappa shape index (κ2) is 6.43. The van der Waals surface area contributed by atoms with Crippen LogP contribution >= 0.6 is 0 Å². The highest BCUT2D eigenvalue weighted by atomic mass is 19.1. The van der Waals surface area contributed by atoms with Crippen molar-refractivity contribution in [2.24, 2.45) is 0 Å². The number of hydrogen-bond acceptors (Lipinski definition) is 2. The summed E-state index contributed by atoms with van der Waals surface area (Å²) >= 11 is 0. The first-order chi connectivity index (χ1) is 9.66. The zero-order chi connectivity index (χ0) is 14.4. The molecular weight excluding hydrogens is 257 g/mol. The molecule has 0 unspecified atom stereocenters. The number of nitrogens with one attached hydrogen (secondary N) is 1. The van der Waals surface area contributed by atoms with E-state index in [-0.39, 0.29) is 5.56 Å². The van der Waals surface area contributed by atoms with Crippen molar-refractivity contribution in [3.63, 3.8) is 0 Å². The smallest absolute Gasteiger partial charge is 0.258 e. The topological polar surface area (TPSA) is 46.2 Å². The number of rotatable bonds is 3. The fourth-order valence-electron chi connectivity index (χ4n) is 1.59. The van der Waals surface area contributed by atoms with Gasteiger partial charge >= 0.3 is 0 Å². The molecule has 0 radical (unpaired) electrons. The van der Waals surface area contributed by atoms with Gasteiger partial charge in [0, 0.05) is 17.2 Å². The number of hydrogen-bond donors (Lipinski definition) is 1. The molecule has 0 fully saturated rings. The second-order valence-electron chi connectivity index (χ2n) is 4.04. The molecule has 0 aliphatic heterocycles. The minimum absolute atomic E-state index is 0.287. The number of benzene rings is 2. The van der Waals surface area contributed by atoms with Gasteiger partial charge in [0.25, 0.3) is 11.8 Å². The number of carbonyl (C=O) groups excluding carboxylic acids is 2. The lowest BCUT2D eigenvalue weighted by atomic mass is 10.2. The maximum atomic E-state index is 13.3. The van der Waals surface area contributed by atoms with Crippen LogP contribution < -0.4 is 5.32 Å². The number of halogens is 1. The lowest BCUT2D eigenvalue weighted by Gasteiger charge is -2.00. The highest BCUT2D eigenvalue weighted by molar-refractivity contribution is 6.09. The Morgan fingerprint density at radius 3 is 2.30 bits per heavy atom. The Morgan fingerprint density at radius 1 is 0.950 bits per heavy atom. The van der Waals surface area contributed by atoms with Crippen LogP contribution in [0.25, 0.3) is 6.08 Å². The molecule has 20 heavy (non-hydrogen) atoms. The van der Waals surface area contributed by atoms with Gasteiger partial charge in [0.15, 0.2) is 0 Å². The molecule has 0 saturated carbocycles. The summed E-state index contributed by atoms with van der Waals surface area (Å²) in [5.74, 6) is -1.51. The first kappa shape index (κ1) is 13.7. The lowest BCUT2D eigenvalue weighted by molar-refractivity contribution is -0.115. The van der Waals surface area contributed by atoms with E-state index >= 15 is 0 Å². The van der Waals surface area contributed by atoms with E-state index in [9.17, 15) is 14.0 Å². The van der Waals surface area contributed by atoms with Crippen molar-refractivity contribution < 1.29 is 14.0 Å². The van der Waals surface area contributed by atoms with E-state index in [1.807, 2.05) is 0 Å². The van der Waals surface area contributed by atoms with Gasteiger partial charge in [-0.3, -0.25) is 14.9 Å². The van der Waals surface area contributed by atoms with Crippen molar-refractivity contribution in [1.82, 2.24) is 5.32 Å². The minimum atomic E-state index is -0.595. The average Bonchev–Trinajstić information content (AvgIpc) is 2.47. The van der Waals surface area contributed by atoms with E-state index in [1.165, 1.54) is 18.2 Å². The summed E-state index contributed by atoms with van der Waals surface area (Å²) < 4.78 is 13.3. The lowest BCUT2D eigenvalue weighted by Crippen LogP contribution is -2.28. The van der Waals surface area contributed by atoms with Crippen LogP contribution in [0.1, 0.15) is 15.9 Å². The molecule has 2 amide bonds. The van der Waals surface area contributed by atoms with Gasteiger partial charge in [-0.1, -0.05) is 36.4 Å². The first-order valence-corrected chi connectivity index (χ1v) is 6.00. The van der Waals surface area contributed by atoms with Crippen LogP contribution in [0.5, 0.6) is 0 Å². The van der Waals surface area contributed by atoms with E-state index in [1.54, 1.807) is 42.5 Å². The van der Waals surface area contributed by atoms with Gasteiger partial charge in [-0.2, -0.15) is 0 Å². The molecule has 0 aromatic heterocycles. The third-order valence-electron chi connectivity index (χ3n) is 2.59. The Kier molecular flexibility index (Phi) is 4.39. The van der Waals surface area contributed by atoms with Gasteiger partial charge in [-0.05, 0) is 24.3 Å². The normalized spacial score (nSPS) is 10.4. The first-order valence-electron chi connectivity index (χ1n) is 6.00. The summed E-state index contributed by atoms with van der Waals surface area (Å²) in [6, 6.07) is 14.4. The van der Waals surface area contributed by atoms with E-state index in [0.717, 1.165) is 6.08 Å². The zero-order valence-corrected chi connectivity index (χ0v) is 10.5. The molecule has 0 heterocycles. The average molecular weight is 269 g/mol. The monoisotopic (exact) mass is 269 g/mol. The fourth-order valence-corrected chi connectivity index (χ4v) is 1.59. The SMILES string of the molecule is O=C(/C=C/c1ccccc1F)NC(=O)c1ccccc1. The summed E-state index contributed by atoms with van der Waals surface area (Å²) in [6.07, 6.45) is 2.45. The largest absolute Gasteiger partial charge is 0.289 e. The summed E-state index contributed by atoms with van der Waals surface area (Å²) in [7, 11) is 0. The number of amides is 2. The van der Waals surface area contributed by atoms with Crippen LogP contribution in [0, 0.1) is 5.82 Å². The second-order valence-corrected chi connectivity index (χ2v) is 4.04. The van der Waals surface area contributed by atoms with Gasteiger partial charge in [0.2, 0.25) is 0 Å². The van der Waals surface area contributed by atoms with Crippen LogP contribution in [0.2, 0.25) is 0 Å². The molecule has 2 aromatic carbocycles. The Hall–Kier alpha value is -2.75. The predicted octanol–water partition coefficient (Wildman–Crippen LogP) is 2.80. The molecule has 0 bridgehead atoms. The summed E-state index contributed by atoms with van der Waals surface area (Å²) in [4.78, 5) is 23.3. The molecule has 2 rings (SSSR count). The zero-order valence-electron chi connectivity index (χ0n) is 10.5. The van der Waals surface area contributed by atoms with Crippen molar-refractivity contribution in [3.05, 3.63) is 77.6 Å². The maximum absolute atomic E-state index is 13.3. The Bertz CT molecular complexity index is 651. The van der Waals surface area contributed by atoms with Crippen molar-refractivity contribution in [1.29, 1.82) is 0 Å². The van der Waals surface area contributed by atoms with Gasteiger partial charge in [-0.25, -0.2) is 4.39 Å². The fraction of sp³-hybridized carbons (Fsp3) is 0. The third kappa shape index (κ3) is 3.62. The van der Waals surface area contributed by atoms with Crippen LogP contribution in [-0.4, -0.2) is 11.8 Å². The van der Waals surface area contributed by atoms with Gasteiger partial charge in [0.1, 0.15) is 5.82 Å². The van der Waals surface area contributed by atoms with Crippen molar-refractivity contribution in [3.8, 4) is 0 Å². The predicted molar refractivity (Wildman–Crippen MR) is 74.3 cm³/mol. The summed E-state index contributed by atoms with van der Waals surface area (Å²) in [5, 5.41) is 2.20. The van der Waals surface area contributed by atoms with Crippen LogP contribution in [-0.2, 0) is 4.79 Å². The summed E-state index contributed by atoms with van der Waals surface area (Å²) in [5.41, 5.74) is 0.676. The highest BCUT2D eigenvalue weighted by Gasteiger charge is 2.07. The van der Waals surface area contributed by atoms with Crippen molar-refractivity contribution in [2.75, 3.05) is 0 Å². The standard InChI is InChI=1S/C16H12FNO2/c17-14-9-5-4-6-12(14)10-11-15(19)18-16(20)13-7-2-1-3-8-13/h1-11H,(H,18,19,20)/b11-10+. The molecule has 1 N–H and O–H groups in total. The number of carbonyl (C=O) groups is 2. The molecule has 3 nitrogen and oxygen atoms in total. The molecule has 0 spiro atoms. The molecule has 0 saturated heterocycles. The molecular formula is C16H12FNO2. The van der Waals surface area contributed by atoms with Gasteiger partial charge in [0.05, 0.1) is 0 Å². The van der Waals surface area contributed by atoms with Crippen molar-refractivity contribution in [2.45, 2.75) is 0 Å². The Balaban J connectivity index is 2.00. The third-order valence-corrected chi connectivity index (χ3v) is 2.59. The number of imide groups is 1. The Labute approximate surface area is 115 Å². The quantitative estimate of drug-likeness (QED) is 0.871. The van der Waals surface area contributed by atoms with Crippen molar-refractivity contribution >= 4 is 17.9 Å². The van der Waals surface area contributed by atoms with E-state index in [0.29, 0.717) is 5.56 Å². The molecule has 4 heteroatoms. The Morgan fingerprint density at radius 2 is 1.60 bits per heavy atom. The van der Waals surface area contributed by atoms with Crippen LogP contribution in [0.15, 0.2) is 60.7 Å². The van der Waals surface area contributed by atoms with Gasteiger partial charge in [-0.15, -0.1) is 0 Å². The highest BCUT2D eigenvalue weighted by Crippen LogP contribution is 2.07. The van der Waals surface area contributed by atoms with E-state index in [4.69, 9.17) is 0 Å². The molecule has 100 valence electrons. The molecule has 2 aromatic rings. The maximum Gasteiger partial charge on any atom is 0.258 e. The van der Waals surface area contributed by atoms with Gasteiger partial charge < -0.3 is 0 Å². The molecule has 0 atom stereocenters. The summed E-state index contributed by atoms with van der Waals surface area (Å²) in [6.45, 7) is 0. The van der Waals surface area contributed by atoms with E-state index in [2.05, 4.69) is 5.32 Å². The molecule has 0 aliphatic carbocycles. The molecule has 0 aliphatic rings. The van der Waals surface area contributed by atoms with Crippen LogP contribution in [0.4, 0.5) is 4.39 Å². The minimum Gasteiger partial charge on any atom is -0.289 e. The van der Waals surface area contributed by atoms with Crippen LogP contribution in [0.3, 0.4) is 0 Å². The van der Waals surface area contributed by atoms with E-state index < -0.39 is 17.6 Å².